The average molecular weight is 344 g/mol. The van der Waals surface area contributed by atoms with E-state index in [9.17, 15) is 4.79 Å². The zero-order chi connectivity index (χ0) is 17.2. The highest BCUT2D eigenvalue weighted by Gasteiger charge is 2.32. The summed E-state index contributed by atoms with van der Waals surface area (Å²) < 4.78 is 18.9. The Morgan fingerprint density at radius 1 is 1.28 bits per heavy atom. The Morgan fingerprint density at radius 3 is 2.80 bits per heavy atom. The fourth-order valence-corrected chi connectivity index (χ4v) is 3.60. The molecule has 0 spiro atoms. The molecule has 6 nitrogen and oxygen atoms in total. The molecular weight excluding hydrogens is 320 g/mol. The van der Waals surface area contributed by atoms with Crippen LogP contribution in [-0.2, 0) is 9.47 Å². The van der Waals surface area contributed by atoms with Crippen molar-refractivity contribution in [3.05, 3.63) is 29.7 Å². The number of hydrogen-bond acceptors (Lipinski definition) is 5. The summed E-state index contributed by atoms with van der Waals surface area (Å²) in [4.78, 5) is 16.2. The summed E-state index contributed by atoms with van der Waals surface area (Å²) in [6, 6.07) is 1.88. The first-order valence-electron chi connectivity index (χ1n) is 9.10. The monoisotopic (exact) mass is 344 g/mol. The van der Waals surface area contributed by atoms with Crippen LogP contribution in [0.15, 0.2) is 18.5 Å². The molecule has 134 valence electrons. The van der Waals surface area contributed by atoms with Crippen molar-refractivity contribution in [1.29, 1.82) is 0 Å². The Bertz CT molecular complexity index is 745. The number of imidazole rings is 1. The molecule has 2 aromatic heterocycles. The quantitative estimate of drug-likeness (QED) is 0.754. The maximum atomic E-state index is 11.5. The highest BCUT2D eigenvalue weighted by atomic mass is 16.5. The highest BCUT2D eigenvalue weighted by molar-refractivity contribution is 5.80. The molecule has 0 amide bonds. The Morgan fingerprint density at radius 2 is 2.08 bits per heavy atom. The van der Waals surface area contributed by atoms with Crippen LogP contribution in [0.1, 0.15) is 54.6 Å². The van der Waals surface area contributed by atoms with Crippen LogP contribution < -0.4 is 4.74 Å². The first kappa shape index (κ1) is 16.5. The second-order valence-electron chi connectivity index (χ2n) is 6.82. The van der Waals surface area contributed by atoms with Gasteiger partial charge < -0.3 is 18.6 Å². The molecule has 2 aliphatic rings. The summed E-state index contributed by atoms with van der Waals surface area (Å²) in [6.07, 6.45) is 8.82. The Hall–Kier alpha value is -1.92. The van der Waals surface area contributed by atoms with Crippen LogP contribution in [-0.4, -0.2) is 47.7 Å². The van der Waals surface area contributed by atoms with E-state index in [1.807, 2.05) is 29.8 Å². The van der Waals surface area contributed by atoms with Gasteiger partial charge in [-0.05, 0) is 19.8 Å². The van der Waals surface area contributed by atoms with Gasteiger partial charge in [-0.15, -0.1) is 0 Å². The fraction of sp³-hybridized carbons (Fsp3) is 0.579. The molecule has 1 saturated heterocycles. The molecule has 4 rings (SSSR count). The van der Waals surface area contributed by atoms with Crippen LogP contribution >= 0.6 is 0 Å². The van der Waals surface area contributed by atoms with Gasteiger partial charge in [0.1, 0.15) is 17.5 Å². The smallest absolute Gasteiger partial charge is 0.155 e. The predicted octanol–water partition coefficient (Wildman–Crippen LogP) is 2.99. The SMILES string of the molecule is CCOC1CC(Oc2cc3nc(C4CCOCC4)cn3cc2C=O)C1. The summed E-state index contributed by atoms with van der Waals surface area (Å²) in [7, 11) is 0. The number of carbonyl (C=O) groups excluding carboxylic acids is 1. The highest BCUT2D eigenvalue weighted by Crippen LogP contribution is 2.31. The minimum Gasteiger partial charge on any atom is -0.489 e. The Labute approximate surface area is 147 Å². The first-order chi connectivity index (χ1) is 12.3. The topological polar surface area (TPSA) is 62.1 Å². The lowest BCUT2D eigenvalue weighted by molar-refractivity contribution is -0.0563. The van der Waals surface area contributed by atoms with Crippen molar-refractivity contribution in [2.24, 2.45) is 0 Å². The molecule has 0 radical (unpaired) electrons. The van der Waals surface area contributed by atoms with Gasteiger partial charge in [-0.1, -0.05) is 0 Å². The molecule has 0 unspecified atom stereocenters. The number of fused-ring (bicyclic) bond motifs is 1. The van der Waals surface area contributed by atoms with Crippen LogP contribution in [0, 0.1) is 0 Å². The van der Waals surface area contributed by atoms with E-state index in [0.29, 0.717) is 17.2 Å². The van der Waals surface area contributed by atoms with E-state index in [1.54, 1.807) is 0 Å². The van der Waals surface area contributed by atoms with Crippen molar-refractivity contribution in [3.8, 4) is 5.75 Å². The minimum atomic E-state index is 0.114. The number of carbonyl (C=O) groups is 1. The van der Waals surface area contributed by atoms with Gasteiger partial charge in [0.05, 0.1) is 17.4 Å². The van der Waals surface area contributed by atoms with Crippen LogP contribution in [0.4, 0.5) is 0 Å². The Balaban J connectivity index is 1.53. The van der Waals surface area contributed by atoms with Crippen molar-refractivity contribution in [2.75, 3.05) is 19.8 Å². The third kappa shape index (κ3) is 3.41. The molecule has 0 aromatic carbocycles. The van der Waals surface area contributed by atoms with E-state index in [1.165, 1.54) is 0 Å². The van der Waals surface area contributed by atoms with Crippen molar-refractivity contribution >= 4 is 11.9 Å². The summed E-state index contributed by atoms with van der Waals surface area (Å²) in [5.74, 6) is 1.04. The van der Waals surface area contributed by atoms with Crippen LogP contribution in [0.2, 0.25) is 0 Å². The number of rotatable bonds is 6. The summed E-state index contributed by atoms with van der Waals surface area (Å²) >= 11 is 0. The van der Waals surface area contributed by atoms with Crippen LogP contribution in [0.3, 0.4) is 0 Å². The van der Waals surface area contributed by atoms with E-state index >= 15 is 0 Å². The number of aromatic nitrogens is 2. The summed E-state index contributed by atoms with van der Waals surface area (Å²) in [6.45, 7) is 4.30. The third-order valence-corrected chi connectivity index (χ3v) is 5.12. The normalized spacial score (nSPS) is 24.2. The predicted molar refractivity (Wildman–Crippen MR) is 92.4 cm³/mol. The fourth-order valence-electron chi connectivity index (χ4n) is 3.60. The Kier molecular flexibility index (Phi) is 4.72. The molecular formula is C19H24N2O4. The van der Waals surface area contributed by atoms with Gasteiger partial charge in [0.2, 0.25) is 0 Å². The number of aldehydes is 1. The largest absolute Gasteiger partial charge is 0.489 e. The van der Waals surface area contributed by atoms with E-state index < -0.39 is 0 Å². The lowest BCUT2D eigenvalue weighted by atomic mass is 9.92. The number of nitrogens with zero attached hydrogens (tertiary/aromatic N) is 2. The maximum Gasteiger partial charge on any atom is 0.155 e. The van der Waals surface area contributed by atoms with E-state index in [4.69, 9.17) is 19.2 Å². The third-order valence-electron chi connectivity index (χ3n) is 5.12. The van der Waals surface area contributed by atoms with Crippen molar-refractivity contribution in [3.63, 3.8) is 0 Å². The molecule has 0 bridgehead atoms. The van der Waals surface area contributed by atoms with Crippen molar-refractivity contribution < 1.29 is 19.0 Å². The van der Waals surface area contributed by atoms with E-state index in [-0.39, 0.29) is 12.2 Å². The molecule has 1 saturated carbocycles. The molecule has 25 heavy (non-hydrogen) atoms. The van der Waals surface area contributed by atoms with Gasteiger partial charge >= 0.3 is 0 Å². The zero-order valence-corrected chi connectivity index (χ0v) is 14.5. The van der Waals surface area contributed by atoms with Gasteiger partial charge in [-0.2, -0.15) is 0 Å². The number of pyridine rings is 1. The molecule has 6 heteroatoms. The summed E-state index contributed by atoms with van der Waals surface area (Å²) in [5.41, 5.74) is 2.45. The molecule has 1 aliphatic carbocycles. The standard InChI is InChI=1S/C19H24N2O4/c1-2-24-15-7-16(8-15)25-18-9-19-20-17(13-3-5-23-6-4-13)11-21(19)10-14(18)12-22/h9-13,15-16H,2-8H2,1H3. The van der Waals surface area contributed by atoms with Crippen LogP contribution in [0.25, 0.3) is 5.65 Å². The minimum absolute atomic E-state index is 0.114. The molecule has 2 fully saturated rings. The average Bonchev–Trinajstić information content (AvgIpc) is 3.03. The van der Waals surface area contributed by atoms with Crippen molar-refractivity contribution in [1.82, 2.24) is 9.38 Å². The number of hydrogen-bond donors (Lipinski definition) is 0. The molecule has 2 aromatic rings. The van der Waals surface area contributed by atoms with Gasteiger partial charge in [-0.25, -0.2) is 4.98 Å². The van der Waals surface area contributed by atoms with Gasteiger partial charge in [0.25, 0.3) is 0 Å². The molecule has 3 heterocycles. The molecule has 1 aliphatic heterocycles. The lowest BCUT2D eigenvalue weighted by Gasteiger charge is -2.35. The molecule has 0 atom stereocenters. The summed E-state index contributed by atoms with van der Waals surface area (Å²) in [5, 5.41) is 0. The lowest BCUT2D eigenvalue weighted by Crippen LogP contribution is -2.39. The zero-order valence-electron chi connectivity index (χ0n) is 14.5. The van der Waals surface area contributed by atoms with Crippen LogP contribution in [0.5, 0.6) is 5.75 Å². The second-order valence-corrected chi connectivity index (χ2v) is 6.82. The van der Waals surface area contributed by atoms with Gasteiger partial charge in [0, 0.05) is 57.0 Å². The first-order valence-corrected chi connectivity index (χ1v) is 9.10. The second kappa shape index (κ2) is 7.14. The van der Waals surface area contributed by atoms with Gasteiger partial charge in [-0.3, -0.25) is 4.79 Å². The van der Waals surface area contributed by atoms with E-state index in [0.717, 1.165) is 63.1 Å². The number of ether oxygens (including phenoxy) is 3. The van der Waals surface area contributed by atoms with E-state index in [2.05, 4.69) is 0 Å². The van der Waals surface area contributed by atoms with Crippen molar-refractivity contribution in [2.45, 2.75) is 50.7 Å². The maximum absolute atomic E-state index is 11.5. The van der Waals surface area contributed by atoms with Gasteiger partial charge in [0.15, 0.2) is 6.29 Å². The molecule has 0 N–H and O–H groups in total.